The number of amides is 1. The van der Waals surface area contributed by atoms with Crippen LogP contribution in [0.2, 0.25) is 0 Å². The summed E-state index contributed by atoms with van der Waals surface area (Å²) in [6.07, 6.45) is 3.95. The molecule has 0 saturated carbocycles. The number of furan rings is 1. The molecule has 0 aromatic carbocycles. The summed E-state index contributed by atoms with van der Waals surface area (Å²) >= 11 is 0. The summed E-state index contributed by atoms with van der Waals surface area (Å²) in [6.45, 7) is 0.213. The van der Waals surface area contributed by atoms with Gasteiger partial charge in [0, 0.05) is 12.3 Å². The maximum Gasteiger partial charge on any atom is 0.338 e. The second-order valence-electron chi connectivity index (χ2n) is 3.39. The molecule has 0 atom stereocenters. The molecule has 2 aromatic rings. The maximum absolute atomic E-state index is 11.6. The van der Waals surface area contributed by atoms with Gasteiger partial charge in [-0.2, -0.15) is 0 Å². The average molecular weight is 247 g/mol. The Kier molecular flexibility index (Phi) is 3.33. The largest absolute Gasteiger partial charge is 0.478 e. The van der Waals surface area contributed by atoms with E-state index in [4.69, 9.17) is 9.52 Å². The number of carbonyl (C=O) groups is 2. The van der Waals surface area contributed by atoms with Crippen LogP contribution in [0.1, 0.15) is 26.6 Å². The van der Waals surface area contributed by atoms with Crippen molar-refractivity contribution in [1.29, 1.82) is 0 Å². The molecule has 2 N–H and O–H groups in total. The molecule has 2 rings (SSSR count). The first-order chi connectivity index (χ1) is 8.66. The fourth-order valence-corrected chi connectivity index (χ4v) is 1.25. The lowest BCUT2D eigenvalue weighted by Gasteiger charge is -2.01. The molecule has 0 saturated heterocycles. The van der Waals surface area contributed by atoms with Gasteiger partial charge in [0.2, 0.25) is 0 Å². The van der Waals surface area contributed by atoms with E-state index >= 15 is 0 Å². The molecule has 2 aromatic heterocycles. The van der Waals surface area contributed by atoms with Gasteiger partial charge in [-0.15, -0.1) is 0 Å². The van der Waals surface area contributed by atoms with Gasteiger partial charge in [-0.05, 0) is 6.07 Å². The van der Waals surface area contributed by atoms with Crippen LogP contribution >= 0.6 is 0 Å². The molecule has 0 fully saturated rings. The van der Waals surface area contributed by atoms with Crippen molar-refractivity contribution < 1.29 is 19.1 Å². The van der Waals surface area contributed by atoms with Gasteiger partial charge < -0.3 is 14.8 Å². The fraction of sp³-hybridized carbons (Fsp3) is 0.0909. The van der Waals surface area contributed by atoms with Crippen molar-refractivity contribution in [2.75, 3.05) is 0 Å². The zero-order valence-electron chi connectivity index (χ0n) is 9.16. The van der Waals surface area contributed by atoms with Crippen molar-refractivity contribution in [3.8, 4) is 0 Å². The minimum Gasteiger partial charge on any atom is -0.478 e. The smallest absolute Gasteiger partial charge is 0.338 e. The van der Waals surface area contributed by atoms with Gasteiger partial charge >= 0.3 is 5.97 Å². The van der Waals surface area contributed by atoms with Crippen LogP contribution in [0.4, 0.5) is 0 Å². The van der Waals surface area contributed by atoms with Crippen LogP contribution in [0.5, 0.6) is 0 Å². The summed E-state index contributed by atoms with van der Waals surface area (Å²) in [5, 5.41) is 11.2. The molecule has 92 valence electrons. The third kappa shape index (κ3) is 2.70. The predicted molar refractivity (Wildman–Crippen MR) is 58.9 cm³/mol. The Balaban J connectivity index is 1.97. The highest BCUT2D eigenvalue weighted by Crippen LogP contribution is 2.07. The number of rotatable bonds is 4. The van der Waals surface area contributed by atoms with Crippen molar-refractivity contribution in [2.24, 2.45) is 0 Å². The normalized spacial score (nSPS) is 10.0. The van der Waals surface area contributed by atoms with Gasteiger partial charge in [-0.3, -0.25) is 4.79 Å². The zero-order valence-corrected chi connectivity index (χ0v) is 9.16. The summed E-state index contributed by atoms with van der Waals surface area (Å²) in [5.41, 5.74) is 0.575. The van der Waals surface area contributed by atoms with E-state index in [1.807, 2.05) is 0 Å². The summed E-state index contributed by atoms with van der Waals surface area (Å²) in [6, 6.07) is 2.82. The lowest BCUT2D eigenvalue weighted by Crippen LogP contribution is -2.22. The third-order valence-electron chi connectivity index (χ3n) is 2.14. The highest BCUT2D eigenvalue weighted by Gasteiger charge is 2.14. The monoisotopic (exact) mass is 247 g/mol. The first-order valence-electron chi connectivity index (χ1n) is 5.02. The molecule has 0 aliphatic carbocycles. The molecule has 0 aliphatic heterocycles. The van der Waals surface area contributed by atoms with Gasteiger partial charge in [0.1, 0.15) is 12.6 Å². The first kappa shape index (κ1) is 11.8. The molecule has 0 unspecified atom stereocenters. The summed E-state index contributed by atoms with van der Waals surface area (Å²) in [5.74, 6) is -1.70. The van der Waals surface area contributed by atoms with E-state index in [9.17, 15) is 9.59 Å². The number of nitrogens with zero attached hydrogens (tertiary/aromatic N) is 2. The predicted octanol–water partition coefficient (Wildman–Crippen LogP) is 0.698. The second kappa shape index (κ2) is 5.09. The summed E-state index contributed by atoms with van der Waals surface area (Å²) in [4.78, 5) is 29.9. The Hall–Kier alpha value is -2.70. The van der Waals surface area contributed by atoms with E-state index in [-0.39, 0.29) is 17.9 Å². The number of nitrogens with one attached hydrogen (secondary N) is 1. The minimum atomic E-state index is -1.14. The number of carboxylic acids is 1. The van der Waals surface area contributed by atoms with E-state index in [2.05, 4.69) is 15.3 Å². The van der Waals surface area contributed by atoms with Gasteiger partial charge in [-0.1, -0.05) is 0 Å². The Morgan fingerprint density at radius 3 is 2.89 bits per heavy atom. The maximum atomic E-state index is 11.6. The lowest BCUT2D eigenvalue weighted by molar-refractivity contribution is 0.0696. The van der Waals surface area contributed by atoms with Gasteiger partial charge in [-0.25, -0.2) is 14.8 Å². The molecule has 0 radical (unpaired) electrons. The topological polar surface area (TPSA) is 105 Å². The molecule has 0 spiro atoms. The van der Waals surface area contributed by atoms with E-state index in [0.29, 0.717) is 5.69 Å². The highest BCUT2D eigenvalue weighted by atomic mass is 16.4. The molecule has 18 heavy (non-hydrogen) atoms. The van der Waals surface area contributed by atoms with E-state index < -0.39 is 11.9 Å². The van der Waals surface area contributed by atoms with Gasteiger partial charge in [0.05, 0.1) is 17.8 Å². The Labute approximate surface area is 101 Å². The van der Waals surface area contributed by atoms with Crippen molar-refractivity contribution in [2.45, 2.75) is 6.54 Å². The third-order valence-corrected chi connectivity index (χ3v) is 2.14. The Morgan fingerprint density at radius 1 is 1.44 bits per heavy atom. The molecular formula is C11H9N3O4. The SMILES string of the molecule is O=C(O)c1coc(C(=O)NCc2ccncn2)c1. The molecule has 7 heteroatoms. The van der Waals surface area contributed by atoms with Crippen LogP contribution in [-0.2, 0) is 6.54 Å². The number of carboxylic acid groups (broad SMARTS) is 1. The van der Waals surface area contributed by atoms with Crippen molar-refractivity contribution in [1.82, 2.24) is 15.3 Å². The van der Waals surface area contributed by atoms with E-state index in [1.54, 1.807) is 12.3 Å². The molecule has 0 bridgehead atoms. The van der Waals surface area contributed by atoms with Gasteiger partial charge in [0.15, 0.2) is 5.76 Å². The van der Waals surface area contributed by atoms with Crippen LogP contribution in [0.3, 0.4) is 0 Å². The molecular weight excluding hydrogens is 238 g/mol. The van der Waals surface area contributed by atoms with E-state index in [0.717, 1.165) is 12.3 Å². The van der Waals surface area contributed by atoms with Crippen LogP contribution in [0, 0.1) is 0 Å². The minimum absolute atomic E-state index is 0.0542. The number of hydrogen-bond acceptors (Lipinski definition) is 5. The quantitative estimate of drug-likeness (QED) is 0.823. The van der Waals surface area contributed by atoms with Gasteiger partial charge in [0.25, 0.3) is 5.91 Å². The van der Waals surface area contributed by atoms with Crippen molar-refractivity contribution in [3.05, 3.63) is 47.9 Å². The van der Waals surface area contributed by atoms with Crippen LogP contribution < -0.4 is 5.32 Å². The molecule has 1 amide bonds. The number of aromatic carboxylic acids is 1. The molecule has 7 nitrogen and oxygen atoms in total. The Morgan fingerprint density at radius 2 is 2.28 bits per heavy atom. The zero-order chi connectivity index (χ0) is 13.0. The summed E-state index contributed by atoms with van der Waals surface area (Å²) in [7, 11) is 0. The molecule has 0 aliphatic rings. The average Bonchev–Trinajstić information content (AvgIpc) is 2.87. The highest BCUT2D eigenvalue weighted by molar-refractivity contribution is 5.95. The number of aromatic nitrogens is 2. The second-order valence-corrected chi connectivity index (χ2v) is 3.39. The standard InChI is InChI=1S/C11H9N3O4/c15-10(9-3-7(5-18-9)11(16)17)13-4-8-1-2-12-6-14-8/h1-3,5-6H,4H2,(H,13,15)(H,16,17). The fourth-order valence-electron chi connectivity index (χ4n) is 1.25. The first-order valence-corrected chi connectivity index (χ1v) is 5.02. The summed E-state index contributed by atoms with van der Waals surface area (Å²) < 4.78 is 4.85. The van der Waals surface area contributed by atoms with E-state index in [1.165, 1.54) is 6.33 Å². The van der Waals surface area contributed by atoms with Crippen molar-refractivity contribution >= 4 is 11.9 Å². The number of hydrogen-bond donors (Lipinski definition) is 2. The number of carbonyl (C=O) groups excluding carboxylic acids is 1. The Bertz CT molecular complexity index is 565. The van der Waals surface area contributed by atoms with Crippen LogP contribution in [0.15, 0.2) is 35.3 Å². The van der Waals surface area contributed by atoms with Crippen LogP contribution in [0.25, 0.3) is 0 Å². The van der Waals surface area contributed by atoms with Crippen molar-refractivity contribution in [3.63, 3.8) is 0 Å². The lowest BCUT2D eigenvalue weighted by atomic mass is 10.3. The van der Waals surface area contributed by atoms with Crippen LogP contribution in [-0.4, -0.2) is 27.0 Å². The molecule has 2 heterocycles.